The Morgan fingerprint density at radius 3 is 2.38 bits per heavy atom. The number of rotatable bonds is 1. The summed E-state index contributed by atoms with van der Waals surface area (Å²) in [5.74, 6) is 0. The highest BCUT2D eigenvalue weighted by molar-refractivity contribution is 7.98. The Bertz CT molecular complexity index is 361. The number of aromatic amines is 1. The van der Waals surface area contributed by atoms with Crippen LogP contribution in [0.15, 0.2) is 9.95 Å². The lowest BCUT2D eigenvalue weighted by Gasteiger charge is -2.02. The van der Waals surface area contributed by atoms with Crippen LogP contribution in [-0.4, -0.2) is 21.4 Å². The van der Waals surface area contributed by atoms with E-state index in [0.717, 1.165) is 11.8 Å². The Labute approximate surface area is 74.6 Å². The maximum atomic E-state index is 12.0. The van der Waals surface area contributed by atoms with Crippen LogP contribution in [-0.2, 0) is 6.18 Å². The van der Waals surface area contributed by atoms with Crippen molar-refractivity contribution in [2.75, 3.05) is 6.26 Å². The number of thioether (sulfide) groups is 1. The van der Waals surface area contributed by atoms with Crippen molar-refractivity contribution < 1.29 is 13.2 Å². The number of halogens is 3. The smallest absolute Gasteiger partial charge is 0.298 e. The minimum absolute atomic E-state index is 0.0537. The van der Waals surface area contributed by atoms with Crippen molar-refractivity contribution in [3.8, 4) is 0 Å². The summed E-state index contributed by atoms with van der Waals surface area (Å²) in [4.78, 5) is 12.7. The molecular weight excluding hydrogens is 207 g/mol. The van der Waals surface area contributed by atoms with E-state index in [1.165, 1.54) is 0 Å². The van der Waals surface area contributed by atoms with Gasteiger partial charge in [-0.2, -0.15) is 13.2 Å². The summed E-state index contributed by atoms with van der Waals surface area (Å²) in [6.07, 6.45) is -3.19. The molecule has 0 aromatic carbocycles. The van der Waals surface area contributed by atoms with Gasteiger partial charge in [-0.25, -0.2) is 0 Å². The number of hydrogen-bond donors (Lipinski definition) is 1. The third kappa shape index (κ3) is 2.20. The standard InChI is InChI=1S/C5H4F3N3OS/c1-13-4-9-3(12)2(10-11-4)5(6,7)8/h1H3,(H,9,11,12). The summed E-state index contributed by atoms with van der Waals surface area (Å²) in [6, 6.07) is 0. The Balaban J connectivity index is 3.21. The molecule has 0 amide bonds. The van der Waals surface area contributed by atoms with E-state index in [4.69, 9.17) is 0 Å². The maximum Gasteiger partial charge on any atom is 0.440 e. The van der Waals surface area contributed by atoms with E-state index in [9.17, 15) is 18.0 Å². The summed E-state index contributed by atoms with van der Waals surface area (Å²) in [6.45, 7) is 0. The predicted molar refractivity (Wildman–Crippen MR) is 39.4 cm³/mol. The van der Waals surface area contributed by atoms with E-state index in [1.54, 1.807) is 6.26 Å². The molecule has 4 nitrogen and oxygen atoms in total. The second kappa shape index (κ2) is 3.36. The normalized spacial score (nSPS) is 11.7. The van der Waals surface area contributed by atoms with Crippen molar-refractivity contribution in [1.29, 1.82) is 0 Å². The lowest BCUT2D eigenvalue weighted by molar-refractivity contribution is -0.143. The second-order valence-electron chi connectivity index (χ2n) is 2.01. The monoisotopic (exact) mass is 211 g/mol. The van der Waals surface area contributed by atoms with E-state index in [1.807, 2.05) is 4.98 Å². The van der Waals surface area contributed by atoms with E-state index in [2.05, 4.69) is 10.2 Å². The van der Waals surface area contributed by atoms with E-state index in [0.29, 0.717) is 0 Å². The topological polar surface area (TPSA) is 58.6 Å². The maximum absolute atomic E-state index is 12.0. The Morgan fingerprint density at radius 2 is 2.00 bits per heavy atom. The number of aromatic nitrogens is 3. The molecule has 1 N–H and O–H groups in total. The molecule has 13 heavy (non-hydrogen) atoms. The summed E-state index contributed by atoms with van der Waals surface area (Å²) < 4.78 is 35.9. The molecule has 1 heterocycles. The fourth-order valence-corrected chi connectivity index (χ4v) is 0.917. The molecule has 0 fully saturated rings. The SMILES string of the molecule is CSc1nnc(C(F)(F)F)c(=O)[nH]1. The van der Waals surface area contributed by atoms with Crippen LogP contribution in [0.25, 0.3) is 0 Å². The molecule has 0 saturated heterocycles. The van der Waals surface area contributed by atoms with Crippen molar-refractivity contribution in [3.63, 3.8) is 0 Å². The van der Waals surface area contributed by atoms with Gasteiger partial charge in [0.05, 0.1) is 0 Å². The van der Waals surface area contributed by atoms with Crippen molar-refractivity contribution >= 4 is 11.8 Å². The molecule has 1 rings (SSSR count). The van der Waals surface area contributed by atoms with Crippen LogP contribution in [0.4, 0.5) is 13.2 Å². The fraction of sp³-hybridized carbons (Fsp3) is 0.400. The Morgan fingerprint density at radius 1 is 1.38 bits per heavy atom. The minimum Gasteiger partial charge on any atom is -0.298 e. The summed E-state index contributed by atoms with van der Waals surface area (Å²) in [5, 5.41) is 6.00. The predicted octanol–water partition coefficient (Wildman–Crippen LogP) is 0.906. The third-order valence-corrected chi connectivity index (χ3v) is 1.71. The Kier molecular flexibility index (Phi) is 2.60. The van der Waals surface area contributed by atoms with Gasteiger partial charge in [-0.3, -0.25) is 9.78 Å². The quantitative estimate of drug-likeness (QED) is 0.701. The van der Waals surface area contributed by atoms with Crippen LogP contribution in [0, 0.1) is 0 Å². The van der Waals surface area contributed by atoms with Crippen molar-refractivity contribution in [3.05, 3.63) is 16.0 Å². The zero-order valence-corrected chi connectivity index (χ0v) is 7.16. The van der Waals surface area contributed by atoms with E-state index < -0.39 is 17.4 Å². The van der Waals surface area contributed by atoms with Crippen LogP contribution >= 0.6 is 11.8 Å². The number of hydrogen-bond acceptors (Lipinski definition) is 4. The van der Waals surface area contributed by atoms with Gasteiger partial charge in [-0.05, 0) is 6.26 Å². The molecule has 0 saturated carbocycles. The number of H-pyrrole nitrogens is 1. The van der Waals surface area contributed by atoms with Crippen LogP contribution < -0.4 is 5.56 Å². The molecule has 0 spiro atoms. The molecule has 72 valence electrons. The van der Waals surface area contributed by atoms with Crippen LogP contribution in [0.1, 0.15) is 5.69 Å². The van der Waals surface area contributed by atoms with Gasteiger partial charge >= 0.3 is 6.18 Å². The van der Waals surface area contributed by atoms with Crippen molar-refractivity contribution in [2.45, 2.75) is 11.3 Å². The zero-order chi connectivity index (χ0) is 10.1. The number of nitrogens with zero attached hydrogens (tertiary/aromatic N) is 2. The van der Waals surface area contributed by atoms with E-state index in [-0.39, 0.29) is 5.16 Å². The van der Waals surface area contributed by atoms with Gasteiger partial charge in [-0.1, -0.05) is 11.8 Å². The number of alkyl halides is 3. The lowest BCUT2D eigenvalue weighted by Crippen LogP contribution is -2.25. The largest absolute Gasteiger partial charge is 0.440 e. The zero-order valence-electron chi connectivity index (χ0n) is 6.34. The average Bonchev–Trinajstić information content (AvgIpc) is 2.01. The molecule has 0 aliphatic carbocycles. The van der Waals surface area contributed by atoms with Crippen LogP contribution in [0.2, 0.25) is 0 Å². The highest BCUT2D eigenvalue weighted by Gasteiger charge is 2.36. The summed E-state index contributed by atoms with van der Waals surface area (Å²) >= 11 is 1.01. The highest BCUT2D eigenvalue weighted by atomic mass is 32.2. The van der Waals surface area contributed by atoms with Crippen molar-refractivity contribution in [1.82, 2.24) is 15.2 Å². The summed E-state index contributed by atoms with van der Waals surface area (Å²) in [5.41, 5.74) is -2.79. The molecule has 8 heteroatoms. The lowest BCUT2D eigenvalue weighted by atomic mass is 10.4. The molecule has 0 atom stereocenters. The van der Waals surface area contributed by atoms with Gasteiger partial charge in [0, 0.05) is 0 Å². The molecule has 1 aromatic heterocycles. The Hall–Kier alpha value is -1.05. The van der Waals surface area contributed by atoms with Gasteiger partial charge in [-0.15, -0.1) is 10.2 Å². The first-order chi connectivity index (χ1) is 5.95. The minimum atomic E-state index is -4.75. The van der Waals surface area contributed by atoms with Gasteiger partial charge in [0.1, 0.15) is 0 Å². The van der Waals surface area contributed by atoms with E-state index >= 15 is 0 Å². The van der Waals surface area contributed by atoms with Gasteiger partial charge in [0.2, 0.25) is 5.69 Å². The molecular formula is C5H4F3N3OS. The second-order valence-corrected chi connectivity index (χ2v) is 2.80. The first-order valence-electron chi connectivity index (χ1n) is 3.03. The first kappa shape index (κ1) is 10.0. The third-order valence-electron chi connectivity index (χ3n) is 1.14. The highest BCUT2D eigenvalue weighted by Crippen LogP contribution is 2.24. The van der Waals surface area contributed by atoms with Gasteiger partial charge in [0.25, 0.3) is 5.56 Å². The molecule has 0 aliphatic heterocycles. The number of nitrogens with one attached hydrogen (secondary N) is 1. The molecule has 0 radical (unpaired) electrons. The first-order valence-corrected chi connectivity index (χ1v) is 4.26. The van der Waals surface area contributed by atoms with Crippen molar-refractivity contribution in [2.24, 2.45) is 0 Å². The molecule has 0 aliphatic rings. The van der Waals surface area contributed by atoms with Gasteiger partial charge in [0.15, 0.2) is 5.16 Å². The summed E-state index contributed by atoms with van der Waals surface area (Å²) in [7, 11) is 0. The van der Waals surface area contributed by atoms with Crippen LogP contribution in [0.3, 0.4) is 0 Å². The molecule has 0 unspecified atom stereocenters. The fourth-order valence-electron chi connectivity index (χ4n) is 0.599. The van der Waals surface area contributed by atoms with Crippen LogP contribution in [0.5, 0.6) is 0 Å². The molecule has 0 bridgehead atoms. The average molecular weight is 211 g/mol. The molecule has 1 aromatic rings. The van der Waals surface area contributed by atoms with Gasteiger partial charge < -0.3 is 0 Å².